The summed E-state index contributed by atoms with van der Waals surface area (Å²) in [5.74, 6) is 0.472. The molecule has 2 aromatic rings. The van der Waals surface area contributed by atoms with Crippen LogP contribution >= 0.6 is 11.3 Å². The summed E-state index contributed by atoms with van der Waals surface area (Å²) in [4.78, 5) is 41.6. The van der Waals surface area contributed by atoms with E-state index in [2.05, 4.69) is 20.9 Å². The Morgan fingerprint density at radius 3 is 2.90 bits per heavy atom. The number of urea groups is 1. The molecule has 2 heterocycles. The van der Waals surface area contributed by atoms with Crippen LogP contribution in [0.5, 0.6) is 5.75 Å². The first-order valence-electron chi connectivity index (χ1n) is 9.10. The Morgan fingerprint density at radius 2 is 2.21 bits per heavy atom. The molecule has 0 bridgehead atoms. The van der Waals surface area contributed by atoms with E-state index in [1.165, 1.54) is 11.3 Å². The minimum atomic E-state index is -0.651. The van der Waals surface area contributed by atoms with Crippen molar-refractivity contribution in [1.29, 1.82) is 0 Å². The number of carbonyl (C=O) groups is 3. The second kappa shape index (κ2) is 8.91. The Morgan fingerprint density at radius 1 is 1.41 bits per heavy atom. The molecule has 1 aromatic heterocycles. The monoisotopic (exact) mass is 417 g/mol. The molecule has 0 radical (unpaired) electrons. The maximum absolute atomic E-state index is 12.8. The zero-order chi connectivity index (χ0) is 21.0. The van der Waals surface area contributed by atoms with E-state index >= 15 is 0 Å². The molecular formula is C19H23N5O4S. The van der Waals surface area contributed by atoms with Crippen molar-refractivity contribution in [2.24, 2.45) is 0 Å². The number of ether oxygens (including phenoxy) is 1. The number of amides is 4. The van der Waals surface area contributed by atoms with Gasteiger partial charge in [-0.25, -0.2) is 9.78 Å². The Kier molecular flexibility index (Phi) is 6.32. The number of benzene rings is 1. The minimum Gasteiger partial charge on any atom is -0.497 e. The molecule has 0 aliphatic carbocycles. The van der Waals surface area contributed by atoms with Crippen LogP contribution in [0.2, 0.25) is 0 Å². The molecule has 154 valence electrons. The van der Waals surface area contributed by atoms with Crippen molar-refractivity contribution in [2.75, 3.05) is 19.0 Å². The Balaban J connectivity index is 1.80. The third-order valence-corrected chi connectivity index (χ3v) is 5.18. The normalized spacial score (nSPS) is 13.8. The SMILES string of the molecule is COc1ccc2c(c1)C(=O)N(C[C@H](NC(=O)NC=O)c1csc(NC(C)C)n1)C2. The molecule has 4 amide bonds. The smallest absolute Gasteiger partial charge is 0.321 e. The quantitative estimate of drug-likeness (QED) is 0.567. The number of hydrogen-bond donors (Lipinski definition) is 3. The summed E-state index contributed by atoms with van der Waals surface area (Å²) in [5.41, 5.74) is 2.09. The van der Waals surface area contributed by atoms with Gasteiger partial charge >= 0.3 is 6.03 Å². The van der Waals surface area contributed by atoms with Crippen molar-refractivity contribution in [1.82, 2.24) is 20.5 Å². The maximum Gasteiger partial charge on any atom is 0.321 e. The molecule has 0 saturated carbocycles. The highest BCUT2D eigenvalue weighted by Crippen LogP contribution is 2.29. The number of methoxy groups -OCH3 is 1. The van der Waals surface area contributed by atoms with Crippen LogP contribution in [-0.2, 0) is 11.3 Å². The number of fused-ring (bicyclic) bond motifs is 1. The topological polar surface area (TPSA) is 113 Å². The maximum atomic E-state index is 12.8. The first-order valence-corrected chi connectivity index (χ1v) is 9.98. The summed E-state index contributed by atoms with van der Waals surface area (Å²) < 4.78 is 5.20. The molecular weight excluding hydrogens is 394 g/mol. The van der Waals surface area contributed by atoms with Gasteiger partial charge in [-0.3, -0.25) is 14.9 Å². The molecule has 1 aliphatic heterocycles. The van der Waals surface area contributed by atoms with Gasteiger partial charge in [-0.15, -0.1) is 11.3 Å². The van der Waals surface area contributed by atoms with E-state index in [1.807, 2.05) is 31.4 Å². The lowest BCUT2D eigenvalue weighted by Crippen LogP contribution is -2.42. The van der Waals surface area contributed by atoms with Crippen molar-refractivity contribution in [3.63, 3.8) is 0 Å². The fraction of sp³-hybridized carbons (Fsp3) is 0.368. The van der Waals surface area contributed by atoms with Crippen LogP contribution in [0.25, 0.3) is 0 Å². The molecule has 3 rings (SSSR count). The predicted octanol–water partition coefficient (Wildman–Crippen LogP) is 2.12. The average molecular weight is 417 g/mol. The van der Waals surface area contributed by atoms with Crippen molar-refractivity contribution < 1.29 is 19.1 Å². The fourth-order valence-electron chi connectivity index (χ4n) is 3.06. The third kappa shape index (κ3) is 4.83. The molecule has 0 fully saturated rings. The van der Waals surface area contributed by atoms with E-state index < -0.39 is 12.1 Å². The molecule has 0 spiro atoms. The van der Waals surface area contributed by atoms with Crippen LogP contribution in [0.1, 0.15) is 41.5 Å². The van der Waals surface area contributed by atoms with Gasteiger partial charge < -0.3 is 20.3 Å². The standard InChI is InChI=1S/C19H23N5O4S/c1-11(2)21-19-23-16(9-29-19)15(22-18(27)20-10-25)8-24-7-12-4-5-13(28-3)6-14(12)17(24)26/h4-6,9-11,15H,7-8H2,1-3H3,(H,21,23)(H2,20,22,25,27)/t15-/m0/s1. The van der Waals surface area contributed by atoms with Gasteiger partial charge in [0.2, 0.25) is 6.41 Å². The van der Waals surface area contributed by atoms with Crippen LogP contribution in [0.4, 0.5) is 9.93 Å². The van der Waals surface area contributed by atoms with Gasteiger partial charge in [-0.1, -0.05) is 6.07 Å². The molecule has 9 nitrogen and oxygen atoms in total. The Bertz CT molecular complexity index is 914. The van der Waals surface area contributed by atoms with E-state index in [4.69, 9.17) is 4.74 Å². The number of rotatable bonds is 8. The highest BCUT2D eigenvalue weighted by atomic mass is 32.1. The van der Waals surface area contributed by atoms with Crippen LogP contribution in [0.3, 0.4) is 0 Å². The number of nitrogens with zero attached hydrogens (tertiary/aromatic N) is 2. The second-order valence-electron chi connectivity index (χ2n) is 6.87. The number of anilines is 1. The molecule has 29 heavy (non-hydrogen) atoms. The summed E-state index contributed by atoms with van der Waals surface area (Å²) in [7, 11) is 1.55. The summed E-state index contributed by atoms with van der Waals surface area (Å²) in [6, 6.07) is 4.38. The van der Waals surface area contributed by atoms with Crippen molar-refractivity contribution in [2.45, 2.75) is 32.5 Å². The number of thiazole rings is 1. The molecule has 1 aliphatic rings. The lowest BCUT2D eigenvalue weighted by molar-refractivity contribution is -0.108. The zero-order valence-corrected chi connectivity index (χ0v) is 17.2. The number of nitrogens with one attached hydrogen (secondary N) is 3. The van der Waals surface area contributed by atoms with Crippen molar-refractivity contribution in [3.05, 3.63) is 40.4 Å². The largest absolute Gasteiger partial charge is 0.497 e. The summed E-state index contributed by atoms with van der Waals surface area (Å²) in [6.07, 6.45) is 0.308. The number of carbonyl (C=O) groups excluding carboxylic acids is 3. The molecule has 1 atom stereocenters. The first-order chi connectivity index (χ1) is 13.9. The van der Waals surface area contributed by atoms with Gasteiger partial charge in [0.05, 0.1) is 18.8 Å². The highest BCUT2D eigenvalue weighted by molar-refractivity contribution is 7.13. The number of aromatic nitrogens is 1. The summed E-state index contributed by atoms with van der Waals surface area (Å²) >= 11 is 1.41. The zero-order valence-electron chi connectivity index (χ0n) is 16.4. The minimum absolute atomic E-state index is 0.141. The van der Waals surface area contributed by atoms with Crippen LogP contribution in [0, 0.1) is 0 Å². The number of imide groups is 1. The lowest BCUT2D eigenvalue weighted by atomic mass is 10.1. The fourth-order valence-corrected chi connectivity index (χ4v) is 3.97. The van der Waals surface area contributed by atoms with E-state index in [0.717, 1.165) is 10.7 Å². The first kappa shape index (κ1) is 20.6. The predicted molar refractivity (Wildman–Crippen MR) is 109 cm³/mol. The van der Waals surface area contributed by atoms with E-state index in [1.54, 1.807) is 18.1 Å². The van der Waals surface area contributed by atoms with Gasteiger partial charge in [0.15, 0.2) is 5.13 Å². The molecule has 1 aromatic carbocycles. The van der Waals surface area contributed by atoms with Crippen molar-refractivity contribution in [3.8, 4) is 5.75 Å². The molecule has 0 unspecified atom stereocenters. The van der Waals surface area contributed by atoms with Gasteiger partial charge in [-0.2, -0.15) is 0 Å². The van der Waals surface area contributed by atoms with Crippen LogP contribution < -0.4 is 20.7 Å². The summed E-state index contributed by atoms with van der Waals surface area (Å²) in [6.45, 7) is 4.64. The van der Waals surface area contributed by atoms with E-state index in [0.29, 0.717) is 30.0 Å². The van der Waals surface area contributed by atoms with Gasteiger partial charge in [0, 0.05) is 30.1 Å². The second-order valence-corrected chi connectivity index (χ2v) is 7.73. The van der Waals surface area contributed by atoms with Gasteiger partial charge in [-0.05, 0) is 31.5 Å². The highest BCUT2D eigenvalue weighted by Gasteiger charge is 2.31. The summed E-state index contributed by atoms with van der Waals surface area (Å²) in [5, 5.41) is 10.5. The molecule has 3 N–H and O–H groups in total. The third-order valence-electron chi connectivity index (χ3n) is 4.39. The van der Waals surface area contributed by atoms with Crippen LogP contribution in [0.15, 0.2) is 23.6 Å². The van der Waals surface area contributed by atoms with Crippen molar-refractivity contribution >= 4 is 34.8 Å². The average Bonchev–Trinajstić information content (AvgIpc) is 3.25. The van der Waals surface area contributed by atoms with Gasteiger partial charge in [0.1, 0.15) is 5.75 Å². The van der Waals surface area contributed by atoms with E-state index in [-0.39, 0.29) is 18.5 Å². The molecule has 10 heteroatoms. The Hall–Kier alpha value is -3.14. The van der Waals surface area contributed by atoms with Gasteiger partial charge in [0.25, 0.3) is 5.91 Å². The van der Waals surface area contributed by atoms with Crippen LogP contribution in [-0.4, -0.2) is 47.9 Å². The number of hydrogen-bond acceptors (Lipinski definition) is 7. The lowest BCUT2D eigenvalue weighted by Gasteiger charge is -2.23. The van der Waals surface area contributed by atoms with E-state index in [9.17, 15) is 14.4 Å². The molecule has 0 saturated heterocycles. The Labute approximate surface area is 172 Å².